The summed E-state index contributed by atoms with van der Waals surface area (Å²) < 4.78 is 0. The molecule has 0 radical (unpaired) electrons. The van der Waals surface area contributed by atoms with Crippen LogP contribution in [0.3, 0.4) is 0 Å². The van der Waals surface area contributed by atoms with Crippen LogP contribution < -0.4 is 0 Å². The fourth-order valence-corrected chi connectivity index (χ4v) is 1.23. The Morgan fingerprint density at radius 2 is 0.895 bits per heavy atom. The molecule has 2 aromatic carbocycles. The minimum Gasteiger partial charge on any atom is -0.265 e. The van der Waals surface area contributed by atoms with E-state index in [-0.39, 0.29) is 0 Å². The third kappa shape index (κ3) is 9.31. The normalized spacial score (nSPS) is 8.26. The number of nitrogens with zero attached hydrogens (tertiary/aromatic N) is 1. The molecule has 96 valence electrons. The summed E-state index contributed by atoms with van der Waals surface area (Å²) in [6.07, 6.45) is 3.50. The number of pyridine rings is 1. The van der Waals surface area contributed by atoms with Crippen LogP contribution in [0.4, 0.5) is 0 Å². The van der Waals surface area contributed by atoms with Crippen LogP contribution in [0.1, 0.15) is 5.56 Å². The summed E-state index contributed by atoms with van der Waals surface area (Å²) in [6, 6.07) is 28.0. The monoisotopic (exact) mass is 249 g/mol. The smallest absolute Gasteiger partial charge is 0.0267 e. The molecule has 0 saturated heterocycles. The number of hydrogen-bond acceptors (Lipinski definition) is 1. The van der Waals surface area contributed by atoms with E-state index in [4.69, 9.17) is 0 Å². The van der Waals surface area contributed by atoms with Gasteiger partial charge in [-0.2, -0.15) is 0 Å². The Kier molecular flexibility index (Phi) is 8.27. The van der Waals surface area contributed by atoms with Gasteiger partial charge in [0.05, 0.1) is 0 Å². The van der Waals surface area contributed by atoms with Crippen molar-refractivity contribution in [3.8, 4) is 0 Å². The zero-order valence-electron chi connectivity index (χ0n) is 11.2. The van der Waals surface area contributed by atoms with E-state index in [1.54, 1.807) is 12.4 Å². The van der Waals surface area contributed by atoms with Gasteiger partial charge in [-0.05, 0) is 19.1 Å². The standard InChI is InChI=1S/C7H8.C6H6.C5H5N/c1-7-5-3-2-4-6-7;2*1-2-4-6-5-3-1/h2-6H,1H3;1-6H;1-5H. The van der Waals surface area contributed by atoms with Crippen LogP contribution in [0.5, 0.6) is 0 Å². The van der Waals surface area contributed by atoms with E-state index < -0.39 is 0 Å². The van der Waals surface area contributed by atoms with Gasteiger partial charge in [-0.3, -0.25) is 4.98 Å². The Hall–Kier alpha value is -2.41. The van der Waals surface area contributed by atoms with Crippen molar-refractivity contribution in [1.29, 1.82) is 0 Å². The number of rotatable bonds is 0. The van der Waals surface area contributed by atoms with Crippen molar-refractivity contribution in [2.45, 2.75) is 6.92 Å². The topological polar surface area (TPSA) is 12.9 Å². The molecule has 1 heteroatoms. The Balaban J connectivity index is 0.000000143. The molecule has 0 fully saturated rings. The molecule has 3 aromatic rings. The molecule has 0 amide bonds. The second kappa shape index (κ2) is 10.7. The average Bonchev–Trinajstić information content (AvgIpc) is 2.53. The fraction of sp³-hybridized carbons (Fsp3) is 0.0556. The maximum absolute atomic E-state index is 3.78. The fourth-order valence-electron chi connectivity index (χ4n) is 1.23. The summed E-state index contributed by atoms with van der Waals surface area (Å²) in [6.45, 7) is 2.08. The largest absolute Gasteiger partial charge is 0.265 e. The summed E-state index contributed by atoms with van der Waals surface area (Å²) in [5.74, 6) is 0. The molecular weight excluding hydrogens is 230 g/mol. The van der Waals surface area contributed by atoms with Gasteiger partial charge >= 0.3 is 0 Å². The highest BCUT2D eigenvalue weighted by Crippen LogP contribution is 1.92. The van der Waals surface area contributed by atoms with Gasteiger partial charge in [0.25, 0.3) is 0 Å². The summed E-state index contributed by atoms with van der Waals surface area (Å²) in [4.78, 5) is 3.78. The minimum atomic E-state index is 1.32. The van der Waals surface area contributed by atoms with Gasteiger partial charge in [-0.1, -0.05) is 78.4 Å². The van der Waals surface area contributed by atoms with Gasteiger partial charge in [-0.15, -0.1) is 0 Å². The van der Waals surface area contributed by atoms with Crippen molar-refractivity contribution < 1.29 is 0 Å². The SMILES string of the molecule is Cc1ccccc1.c1ccccc1.c1ccncc1. The van der Waals surface area contributed by atoms with Crippen molar-refractivity contribution in [2.75, 3.05) is 0 Å². The van der Waals surface area contributed by atoms with Crippen LogP contribution in [-0.4, -0.2) is 4.98 Å². The first kappa shape index (κ1) is 14.7. The van der Waals surface area contributed by atoms with Crippen molar-refractivity contribution in [3.05, 3.63) is 103 Å². The van der Waals surface area contributed by atoms with E-state index in [0.717, 1.165) is 0 Å². The summed E-state index contributed by atoms with van der Waals surface area (Å²) >= 11 is 0. The van der Waals surface area contributed by atoms with Crippen LogP contribution in [-0.2, 0) is 0 Å². The molecule has 0 aliphatic carbocycles. The van der Waals surface area contributed by atoms with Crippen LogP contribution >= 0.6 is 0 Å². The summed E-state index contributed by atoms with van der Waals surface area (Å²) in [5, 5.41) is 0. The lowest BCUT2D eigenvalue weighted by molar-refractivity contribution is 1.33. The van der Waals surface area contributed by atoms with Crippen molar-refractivity contribution in [3.63, 3.8) is 0 Å². The van der Waals surface area contributed by atoms with Gasteiger partial charge in [0.2, 0.25) is 0 Å². The molecule has 1 aromatic heterocycles. The van der Waals surface area contributed by atoms with Gasteiger partial charge in [0, 0.05) is 12.4 Å². The maximum Gasteiger partial charge on any atom is 0.0267 e. The number of benzene rings is 2. The van der Waals surface area contributed by atoms with Gasteiger partial charge < -0.3 is 0 Å². The molecular formula is C18H19N. The summed E-state index contributed by atoms with van der Waals surface area (Å²) in [7, 11) is 0. The third-order valence-electron chi connectivity index (χ3n) is 2.17. The Labute approximate surface area is 115 Å². The maximum atomic E-state index is 3.78. The van der Waals surface area contributed by atoms with Gasteiger partial charge in [0.15, 0.2) is 0 Å². The highest BCUT2D eigenvalue weighted by Gasteiger charge is 1.72. The van der Waals surface area contributed by atoms with Crippen molar-refractivity contribution >= 4 is 0 Å². The second-order valence-electron chi connectivity index (χ2n) is 3.83. The predicted octanol–water partition coefficient (Wildman–Crippen LogP) is 4.76. The van der Waals surface area contributed by atoms with Gasteiger partial charge in [0.1, 0.15) is 0 Å². The lowest BCUT2D eigenvalue weighted by Gasteiger charge is -1.82. The molecule has 0 bridgehead atoms. The van der Waals surface area contributed by atoms with Crippen molar-refractivity contribution in [2.24, 2.45) is 0 Å². The van der Waals surface area contributed by atoms with E-state index in [9.17, 15) is 0 Å². The second-order valence-corrected chi connectivity index (χ2v) is 3.83. The van der Waals surface area contributed by atoms with E-state index in [1.165, 1.54) is 5.56 Å². The first-order chi connectivity index (χ1) is 9.39. The molecule has 0 aliphatic rings. The van der Waals surface area contributed by atoms with E-state index in [0.29, 0.717) is 0 Å². The van der Waals surface area contributed by atoms with Crippen LogP contribution in [0.25, 0.3) is 0 Å². The van der Waals surface area contributed by atoms with Crippen LogP contribution in [0.2, 0.25) is 0 Å². The summed E-state index contributed by atoms with van der Waals surface area (Å²) in [5.41, 5.74) is 1.32. The first-order valence-corrected chi connectivity index (χ1v) is 6.26. The number of hydrogen-bond donors (Lipinski definition) is 0. The van der Waals surface area contributed by atoms with Crippen LogP contribution in [0, 0.1) is 6.92 Å². The molecule has 1 nitrogen and oxygen atoms in total. The molecule has 19 heavy (non-hydrogen) atoms. The quantitative estimate of drug-likeness (QED) is 0.559. The van der Waals surface area contributed by atoms with Crippen LogP contribution in [0.15, 0.2) is 97.3 Å². The lowest BCUT2D eigenvalue weighted by Crippen LogP contribution is -1.62. The molecule has 0 saturated carbocycles. The Morgan fingerprint density at radius 1 is 0.526 bits per heavy atom. The average molecular weight is 249 g/mol. The van der Waals surface area contributed by atoms with E-state index in [1.807, 2.05) is 72.8 Å². The minimum absolute atomic E-state index is 1.32. The molecule has 1 heterocycles. The third-order valence-corrected chi connectivity index (χ3v) is 2.17. The first-order valence-electron chi connectivity index (χ1n) is 6.26. The molecule has 0 unspecified atom stereocenters. The lowest BCUT2D eigenvalue weighted by atomic mass is 10.2. The Bertz CT molecular complexity index is 407. The number of aryl methyl sites for hydroxylation is 1. The number of aromatic nitrogens is 1. The van der Waals surface area contributed by atoms with Crippen molar-refractivity contribution in [1.82, 2.24) is 4.98 Å². The molecule has 0 N–H and O–H groups in total. The van der Waals surface area contributed by atoms with E-state index >= 15 is 0 Å². The molecule has 0 aliphatic heterocycles. The zero-order valence-corrected chi connectivity index (χ0v) is 11.2. The zero-order chi connectivity index (χ0) is 13.6. The Morgan fingerprint density at radius 3 is 1.11 bits per heavy atom. The highest BCUT2D eigenvalue weighted by atomic mass is 14.6. The van der Waals surface area contributed by atoms with E-state index in [2.05, 4.69) is 24.0 Å². The molecule has 0 spiro atoms. The predicted molar refractivity (Wildman–Crippen MR) is 81.9 cm³/mol. The molecule has 3 rings (SSSR count). The van der Waals surface area contributed by atoms with Gasteiger partial charge in [-0.25, -0.2) is 0 Å². The highest BCUT2D eigenvalue weighted by molar-refractivity contribution is 5.11. The molecule has 0 atom stereocenters.